The summed E-state index contributed by atoms with van der Waals surface area (Å²) in [5.74, 6) is -1.24. The molecule has 0 spiro atoms. The summed E-state index contributed by atoms with van der Waals surface area (Å²) in [6.45, 7) is 0. The maximum absolute atomic E-state index is 11.8. The predicted octanol–water partition coefficient (Wildman–Crippen LogP) is 1.60. The molecule has 0 aliphatic rings. The molecule has 0 aliphatic heterocycles. The first-order valence-corrected chi connectivity index (χ1v) is 6.25. The number of amides is 1. The highest BCUT2D eigenvalue weighted by Gasteiger charge is 2.10. The van der Waals surface area contributed by atoms with Gasteiger partial charge >= 0.3 is 5.97 Å². The third-order valence-electron chi connectivity index (χ3n) is 2.32. The van der Waals surface area contributed by atoms with Crippen LogP contribution in [0, 0.1) is 0 Å². The van der Waals surface area contributed by atoms with E-state index in [0.29, 0.717) is 16.4 Å². The van der Waals surface area contributed by atoms with Gasteiger partial charge in [0.15, 0.2) is 5.13 Å². The van der Waals surface area contributed by atoms with E-state index in [0.717, 1.165) is 0 Å². The number of aliphatic carboxylic acids is 1. The lowest BCUT2D eigenvalue weighted by Gasteiger charge is -2.04. The third-order valence-corrected chi connectivity index (χ3v) is 3.00. The van der Waals surface area contributed by atoms with Gasteiger partial charge in [0.25, 0.3) is 5.91 Å². The van der Waals surface area contributed by atoms with Gasteiger partial charge in [0.1, 0.15) is 5.69 Å². The van der Waals surface area contributed by atoms with Gasteiger partial charge in [-0.25, -0.2) is 4.98 Å². The summed E-state index contributed by atoms with van der Waals surface area (Å²) in [7, 11) is 0. The second kappa shape index (κ2) is 5.49. The van der Waals surface area contributed by atoms with Crippen LogP contribution in [0.3, 0.4) is 0 Å². The average molecular weight is 277 g/mol. The van der Waals surface area contributed by atoms with Crippen molar-refractivity contribution in [1.82, 2.24) is 4.98 Å². The quantitative estimate of drug-likeness (QED) is 0.787. The molecular formula is C12H11N3O3S. The first-order valence-electron chi connectivity index (χ1n) is 5.37. The molecule has 2 rings (SSSR count). The highest BCUT2D eigenvalue weighted by Crippen LogP contribution is 2.14. The van der Waals surface area contributed by atoms with E-state index in [1.54, 1.807) is 29.6 Å². The molecule has 0 radical (unpaired) electrons. The first kappa shape index (κ1) is 13.0. The number of hydrogen-bond acceptors (Lipinski definition) is 5. The fourth-order valence-electron chi connectivity index (χ4n) is 1.47. The molecule has 0 aliphatic carbocycles. The van der Waals surface area contributed by atoms with E-state index < -0.39 is 5.97 Å². The van der Waals surface area contributed by atoms with Gasteiger partial charge in [-0.05, 0) is 17.7 Å². The average Bonchev–Trinajstić information content (AvgIpc) is 2.78. The molecule has 0 saturated carbocycles. The summed E-state index contributed by atoms with van der Waals surface area (Å²) in [5.41, 5.74) is 6.95. The molecule has 1 aromatic heterocycles. The van der Waals surface area contributed by atoms with Gasteiger partial charge in [-0.15, -0.1) is 11.3 Å². The van der Waals surface area contributed by atoms with Crippen LogP contribution in [-0.4, -0.2) is 22.0 Å². The molecule has 2 aromatic rings. The minimum Gasteiger partial charge on any atom is -0.481 e. The Morgan fingerprint density at radius 2 is 2.00 bits per heavy atom. The molecule has 6 nitrogen and oxygen atoms in total. The Morgan fingerprint density at radius 3 is 2.53 bits per heavy atom. The standard InChI is InChI=1S/C12H11N3O3S/c13-12-15-9(6-19-12)11(18)14-8-3-1-7(2-4-8)5-10(16)17/h1-4,6H,5H2,(H2,13,15)(H,14,18)(H,16,17). The number of anilines is 2. The Balaban J connectivity index is 2.03. The van der Waals surface area contributed by atoms with Crippen molar-refractivity contribution < 1.29 is 14.7 Å². The SMILES string of the molecule is Nc1nc(C(=O)Nc2ccc(CC(=O)O)cc2)cs1. The molecule has 0 bridgehead atoms. The lowest BCUT2D eigenvalue weighted by molar-refractivity contribution is -0.136. The summed E-state index contributed by atoms with van der Waals surface area (Å²) in [5, 5.41) is 13.2. The van der Waals surface area contributed by atoms with Crippen molar-refractivity contribution in [1.29, 1.82) is 0 Å². The minimum atomic E-state index is -0.894. The number of carbonyl (C=O) groups excluding carboxylic acids is 1. The molecule has 1 aromatic carbocycles. The van der Waals surface area contributed by atoms with Gasteiger partial charge in [0.2, 0.25) is 0 Å². The van der Waals surface area contributed by atoms with Gasteiger partial charge in [-0.1, -0.05) is 12.1 Å². The van der Waals surface area contributed by atoms with E-state index in [2.05, 4.69) is 10.3 Å². The number of nitrogens with one attached hydrogen (secondary N) is 1. The fourth-order valence-corrected chi connectivity index (χ4v) is 2.01. The maximum atomic E-state index is 11.8. The number of aromatic nitrogens is 1. The van der Waals surface area contributed by atoms with Crippen LogP contribution >= 0.6 is 11.3 Å². The number of carbonyl (C=O) groups is 2. The van der Waals surface area contributed by atoms with E-state index in [4.69, 9.17) is 10.8 Å². The van der Waals surface area contributed by atoms with E-state index in [9.17, 15) is 9.59 Å². The van der Waals surface area contributed by atoms with Crippen LogP contribution in [0.25, 0.3) is 0 Å². The molecular weight excluding hydrogens is 266 g/mol. The van der Waals surface area contributed by atoms with Gasteiger partial charge in [-0.3, -0.25) is 9.59 Å². The number of nitrogens with two attached hydrogens (primary N) is 1. The second-order valence-corrected chi connectivity index (χ2v) is 4.68. The Bertz CT molecular complexity index is 607. The van der Waals surface area contributed by atoms with Crippen LogP contribution in [0.15, 0.2) is 29.6 Å². The van der Waals surface area contributed by atoms with Crippen LogP contribution < -0.4 is 11.1 Å². The molecule has 0 unspecified atom stereocenters. The number of carboxylic acids is 1. The van der Waals surface area contributed by atoms with Crippen LogP contribution in [0.1, 0.15) is 16.1 Å². The molecule has 19 heavy (non-hydrogen) atoms. The van der Waals surface area contributed by atoms with Gasteiger partial charge in [0.05, 0.1) is 6.42 Å². The summed E-state index contributed by atoms with van der Waals surface area (Å²) in [6.07, 6.45) is -0.0448. The van der Waals surface area contributed by atoms with Gasteiger partial charge in [-0.2, -0.15) is 0 Å². The van der Waals surface area contributed by atoms with Crippen molar-refractivity contribution in [3.8, 4) is 0 Å². The molecule has 7 heteroatoms. The smallest absolute Gasteiger partial charge is 0.307 e. The van der Waals surface area contributed by atoms with Gasteiger partial charge < -0.3 is 16.2 Å². The number of thiazole rings is 1. The Kier molecular flexibility index (Phi) is 3.76. The van der Waals surface area contributed by atoms with Crippen LogP contribution in [0.5, 0.6) is 0 Å². The lowest BCUT2D eigenvalue weighted by atomic mass is 10.1. The normalized spacial score (nSPS) is 10.1. The molecule has 0 fully saturated rings. The van der Waals surface area contributed by atoms with Gasteiger partial charge in [0, 0.05) is 11.1 Å². The number of hydrogen-bond donors (Lipinski definition) is 3. The minimum absolute atomic E-state index is 0.0448. The van der Waals surface area contributed by atoms with Crippen molar-refractivity contribution in [2.45, 2.75) is 6.42 Å². The highest BCUT2D eigenvalue weighted by atomic mass is 32.1. The van der Waals surface area contributed by atoms with Crippen molar-refractivity contribution in [2.24, 2.45) is 0 Å². The fraction of sp³-hybridized carbons (Fsp3) is 0.0833. The largest absolute Gasteiger partial charge is 0.481 e. The monoisotopic (exact) mass is 277 g/mol. The third kappa shape index (κ3) is 3.52. The highest BCUT2D eigenvalue weighted by molar-refractivity contribution is 7.13. The zero-order chi connectivity index (χ0) is 13.8. The second-order valence-electron chi connectivity index (χ2n) is 3.79. The van der Waals surface area contributed by atoms with E-state index >= 15 is 0 Å². The zero-order valence-corrected chi connectivity index (χ0v) is 10.6. The summed E-state index contributed by atoms with van der Waals surface area (Å²) in [4.78, 5) is 26.2. The predicted molar refractivity (Wildman–Crippen MR) is 72.3 cm³/mol. The number of nitrogen functional groups attached to an aromatic ring is 1. The molecule has 0 atom stereocenters. The van der Waals surface area contributed by atoms with E-state index in [1.807, 2.05) is 0 Å². The number of benzene rings is 1. The Labute approximate surface area is 112 Å². The zero-order valence-electron chi connectivity index (χ0n) is 9.79. The van der Waals surface area contributed by atoms with E-state index in [1.165, 1.54) is 11.3 Å². The molecule has 4 N–H and O–H groups in total. The van der Waals surface area contributed by atoms with Crippen molar-refractivity contribution in [3.63, 3.8) is 0 Å². The number of nitrogens with zero attached hydrogens (tertiary/aromatic N) is 1. The molecule has 98 valence electrons. The van der Waals surface area contributed by atoms with Crippen molar-refractivity contribution >= 4 is 34.0 Å². The molecule has 0 saturated heterocycles. The van der Waals surface area contributed by atoms with E-state index in [-0.39, 0.29) is 18.0 Å². The summed E-state index contributed by atoms with van der Waals surface area (Å²) < 4.78 is 0. The summed E-state index contributed by atoms with van der Waals surface area (Å²) in [6, 6.07) is 6.59. The molecule has 1 amide bonds. The van der Waals surface area contributed by atoms with Crippen LogP contribution in [0.2, 0.25) is 0 Å². The number of carboxylic acid groups (broad SMARTS) is 1. The lowest BCUT2D eigenvalue weighted by Crippen LogP contribution is -2.12. The first-order chi connectivity index (χ1) is 9.04. The van der Waals surface area contributed by atoms with Crippen LogP contribution in [-0.2, 0) is 11.2 Å². The summed E-state index contributed by atoms with van der Waals surface area (Å²) >= 11 is 1.19. The van der Waals surface area contributed by atoms with Crippen molar-refractivity contribution in [3.05, 3.63) is 40.9 Å². The topological polar surface area (TPSA) is 105 Å². The Morgan fingerprint density at radius 1 is 1.32 bits per heavy atom. The number of rotatable bonds is 4. The Hall–Kier alpha value is -2.41. The van der Waals surface area contributed by atoms with Crippen molar-refractivity contribution in [2.75, 3.05) is 11.1 Å². The van der Waals surface area contributed by atoms with Crippen LogP contribution in [0.4, 0.5) is 10.8 Å². The maximum Gasteiger partial charge on any atom is 0.307 e. The molecule has 1 heterocycles.